The van der Waals surface area contributed by atoms with E-state index in [0.717, 1.165) is 6.42 Å². The molecular formula is C22H19IS. The van der Waals surface area contributed by atoms with Crippen LogP contribution in [-0.2, 0) is 5.41 Å². The molecule has 0 saturated carbocycles. The molecule has 0 atom stereocenters. The molecule has 3 aromatic carbocycles. The van der Waals surface area contributed by atoms with Crippen LogP contribution in [0.5, 0.6) is 0 Å². The van der Waals surface area contributed by atoms with E-state index in [9.17, 15) is 0 Å². The van der Waals surface area contributed by atoms with Gasteiger partial charge in [-0.25, -0.2) is 0 Å². The third kappa shape index (κ3) is 2.60. The van der Waals surface area contributed by atoms with E-state index in [1.54, 1.807) is 0 Å². The van der Waals surface area contributed by atoms with Crippen molar-refractivity contribution in [3.05, 3.63) is 95.6 Å². The van der Waals surface area contributed by atoms with Gasteiger partial charge in [0.15, 0.2) is 0 Å². The minimum Gasteiger partial charge on any atom is -0.0894 e. The molecule has 1 heterocycles. The number of benzene rings is 3. The van der Waals surface area contributed by atoms with Crippen LogP contribution in [0.4, 0.5) is 0 Å². The molecule has 0 N–H and O–H groups in total. The first-order valence-corrected chi connectivity index (χ1v) is 10.7. The Morgan fingerprint density at radius 3 is 1.83 bits per heavy atom. The zero-order valence-electron chi connectivity index (χ0n) is 13.4. The molecule has 0 radical (unpaired) electrons. The molecule has 0 aromatic heterocycles. The topological polar surface area (TPSA) is 0 Å². The second-order valence-electron chi connectivity index (χ2n) is 6.16. The van der Waals surface area contributed by atoms with Crippen LogP contribution in [0.1, 0.15) is 29.5 Å². The summed E-state index contributed by atoms with van der Waals surface area (Å²) in [4.78, 5) is 2.79. The predicted octanol–water partition coefficient (Wildman–Crippen LogP) is 6.70. The molecule has 0 nitrogen and oxygen atoms in total. The van der Waals surface area contributed by atoms with Crippen molar-refractivity contribution in [2.45, 2.75) is 28.0 Å². The Hall–Kier alpha value is -1.26. The fourth-order valence-electron chi connectivity index (χ4n) is 3.86. The van der Waals surface area contributed by atoms with Crippen molar-refractivity contribution < 1.29 is 0 Å². The highest BCUT2D eigenvalue weighted by atomic mass is 127. The fourth-order valence-corrected chi connectivity index (χ4v) is 5.48. The van der Waals surface area contributed by atoms with Gasteiger partial charge in [0.2, 0.25) is 0 Å². The van der Waals surface area contributed by atoms with Gasteiger partial charge in [-0.1, -0.05) is 101 Å². The Bertz CT molecular complexity index is 796. The largest absolute Gasteiger partial charge is 0.0894 e. The number of fused-ring (bicyclic) bond motifs is 2. The smallest absolute Gasteiger partial charge is 0.0474 e. The minimum atomic E-state index is -0.0368. The zero-order chi connectivity index (χ0) is 16.4. The van der Waals surface area contributed by atoms with Crippen LogP contribution in [0.3, 0.4) is 0 Å². The van der Waals surface area contributed by atoms with Crippen molar-refractivity contribution in [1.82, 2.24) is 0 Å². The summed E-state index contributed by atoms with van der Waals surface area (Å²) in [6, 6.07) is 29.0. The van der Waals surface area contributed by atoms with Crippen molar-refractivity contribution in [2.24, 2.45) is 0 Å². The molecule has 3 aromatic rings. The van der Waals surface area contributed by atoms with E-state index < -0.39 is 0 Å². The van der Waals surface area contributed by atoms with Crippen molar-refractivity contribution in [2.75, 3.05) is 4.43 Å². The monoisotopic (exact) mass is 442 g/mol. The van der Waals surface area contributed by atoms with Crippen molar-refractivity contribution in [1.29, 1.82) is 0 Å². The lowest BCUT2D eigenvalue weighted by molar-refractivity contribution is 0.532. The summed E-state index contributed by atoms with van der Waals surface area (Å²) in [5, 5.41) is 0. The van der Waals surface area contributed by atoms with Crippen LogP contribution in [0.25, 0.3) is 0 Å². The van der Waals surface area contributed by atoms with Crippen molar-refractivity contribution in [3.63, 3.8) is 0 Å². The Balaban J connectivity index is 2.04. The quantitative estimate of drug-likeness (QED) is 0.320. The summed E-state index contributed by atoms with van der Waals surface area (Å²) in [6.07, 6.45) is 2.36. The standard InChI is InChI=1S/C22H19IS/c23-16-8-15-22(17-9-2-1-3-10-17)18-11-4-6-13-20(18)24-21-14-7-5-12-19(21)22/h1-7,9-14H,8,15-16H2. The van der Waals surface area contributed by atoms with Crippen LogP contribution < -0.4 is 0 Å². The normalized spacial score (nSPS) is 14.7. The third-order valence-corrected chi connectivity index (χ3v) is 6.78. The first-order valence-electron chi connectivity index (χ1n) is 8.34. The molecule has 1 aliphatic rings. The molecular weight excluding hydrogens is 423 g/mol. The van der Waals surface area contributed by atoms with Crippen molar-refractivity contribution in [3.8, 4) is 0 Å². The van der Waals surface area contributed by atoms with Gasteiger partial charge in [-0.05, 0) is 46.1 Å². The number of rotatable bonds is 4. The molecule has 120 valence electrons. The van der Waals surface area contributed by atoms with Gasteiger partial charge >= 0.3 is 0 Å². The highest BCUT2D eigenvalue weighted by Crippen LogP contribution is 2.54. The SMILES string of the molecule is ICCCC1(c2ccccc2)c2ccccc2Sc2ccccc21. The van der Waals surface area contributed by atoms with Gasteiger partial charge in [0.25, 0.3) is 0 Å². The first kappa shape index (κ1) is 16.2. The third-order valence-electron chi connectivity index (χ3n) is 4.87. The summed E-state index contributed by atoms with van der Waals surface area (Å²) >= 11 is 4.41. The molecule has 24 heavy (non-hydrogen) atoms. The summed E-state index contributed by atoms with van der Waals surface area (Å²) in [5.41, 5.74) is 4.30. The van der Waals surface area contributed by atoms with E-state index in [0.29, 0.717) is 0 Å². The van der Waals surface area contributed by atoms with Gasteiger partial charge in [0.05, 0.1) is 0 Å². The fraction of sp³-hybridized carbons (Fsp3) is 0.182. The van der Waals surface area contributed by atoms with Crippen LogP contribution in [0.15, 0.2) is 88.7 Å². The van der Waals surface area contributed by atoms with Gasteiger partial charge < -0.3 is 0 Å². The molecule has 0 fully saturated rings. The highest BCUT2D eigenvalue weighted by molar-refractivity contribution is 14.1. The van der Waals surface area contributed by atoms with Gasteiger partial charge in [0, 0.05) is 15.2 Å². The van der Waals surface area contributed by atoms with Gasteiger partial charge in [-0.2, -0.15) is 0 Å². The number of alkyl halides is 1. The summed E-state index contributed by atoms with van der Waals surface area (Å²) in [6.45, 7) is 0. The zero-order valence-corrected chi connectivity index (χ0v) is 16.4. The number of hydrogen-bond donors (Lipinski definition) is 0. The first-order chi connectivity index (χ1) is 11.9. The van der Waals surface area contributed by atoms with Crippen LogP contribution in [0, 0.1) is 0 Å². The molecule has 1 aliphatic heterocycles. The van der Waals surface area contributed by atoms with Crippen LogP contribution in [0.2, 0.25) is 0 Å². The number of hydrogen-bond acceptors (Lipinski definition) is 1. The van der Waals surface area contributed by atoms with Gasteiger partial charge in [-0.15, -0.1) is 0 Å². The Morgan fingerprint density at radius 1 is 0.708 bits per heavy atom. The van der Waals surface area contributed by atoms with E-state index >= 15 is 0 Å². The predicted molar refractivity (Wildman–Crippen MR) is 111 cm³/mol. The summed E-state index contributed by atoms with van der Waals surface area (Å²) in [5.74, 6) is 0. The van der Waals surface area contributed by atoms with Gasteiger partial charge in [0.1, 0.15) is 0 Å². The van der Waals surface area contributed by atoms with Crippen LogP contribution >= 0.6 is 34.4 Å². The highest BCUT2D eigenvalue weighted by Gasteiger charge is 2.41. The van der Waals surface area contributed by atoms with E-state index in [4.69, 9.17) is 0 Å². The second kappa shape index (κ2) is 6.93. The molecule has 0 bridgehead atoms. The van der Waals surface area contributed by atoms with E-state index in [2.05, 4.69) is 101 Å². The second-order valence-corrected chi connectivity index (χ2v) is 8.32. The van der Waals surface area contributed by atoms with Crippen molar-refractivity contribution >= 4 is 34.4 Å². The maximum absolute atomic E-state index is 2.50. The lowest BCUT2D eigenvalue weighted by atomic mass is 9.66. The lowest BCUT2D eigenvalue weighted by Gasteiger charge is -2.41. The van der Waals surface area contributed by atoms with E-state index in [-0.39, 0.29) is 5.41 Å². The molecule has 0 saturated heterocycles. The maximum Gasteiger partial charge on any atom is 0.0474 e. The lowest BCUT2D eigenvalue weighted by Crippen LogP contribution is -2.32. The van der Waals surface area contributed by atoms with E-state index in [1.807, 2.05) is 11.8 Å². The molecule has 2 heteroatoms. The molecule has 4 rings (SSSR count). The molecule has 0 spiro atoms. The molecule has 0 aliphatic carbocycles. The van der Waals surface area contributed by atoms with Crippen LogP contribution in [-0.4, -0.2) is 4.43 Å². The Kier molecular flexibility index (Phi) is 4.68. The molecule has 0 amide bonds. The average Bonchev–Trinajstić information content (AvgIpc) is 2.66. The maximum atomic E-state index is 2.50. The summed E-state index contributed by atoms with van der Waals surface area (Å²) in [7, 11) is 0. The minimum absolute atomic E-state index is 0.0368. The molecule has 0 unspecified atom stereocenters. The average molecular weight is 442 g/mol. The van der Waals surface area contributed by atoms with E-state index in [1.165, 1.54) is 37.3 Å². The summed E-state index contributed by atoms with van der Waals surface area (Å²) < 4.78 is 1.18. The Labute approximate surface area is 161 Å². The Morgan fingerprint density at radius 2 is 1.25 bits per heavy atom. The van der Waals surface area contributed by atoms with Gasteiger partial charge in [-0.3, -0.25) is 0 Å². The number of halogens is 1.